The van der Waals surface area contributed by atoms with Crippen LogP contribution in [0.5, 0.6) is 5.75 Å². The fourth-order valence-electron chi connectivity index (χ4n) is 3.02. The van der Waals surface area contributed by atoms with Gasteiger partial charge in [-0.25, -0.2) is 4.98 Å². The number of ether oxygens (including phenoxy) is 1. The van der Waals surface area contributed by atoms with E-state index >= 15 is 0 Å². The quantitative estimate of drug-likeness (QED) is 0.936. The third kappa shape index (κ3) is 2.63. The van der Waals surface area contributed by atoms with Crippen LogP contribution in [0, 0.1) is 0 Å². The number of aliphatic carboxylic acids is 1. The first kappa shape index (κ1) is 13.7. The average molecular weight is 286 g/mol. The highest BCUT2D eigenvalue weighted by Gasteiger charge is 2.28. The van der Waals surface area contributed by atoms with Crippen molar-refractivity contribution in [2.75, 3.05) is 18.6 Å². The Hall–Kier alpha value is -2.30. The van der Waals surface area contributed by atoms with Crippen molar-refractivity contribution in [3.8, 4) is 5.75 Å². The number of carboxylic acids is 1. The molecule has 2 heterocycles. The number of fused-ring (bicyclic) bond motifs is 1. The lowest BCUT2D eigenvalue weighted by Crippen LogP contribution is -2.32. The molecule has 0 radical (unpaired) electrons. The minimum Gasteiger partial charge on any atom is -0.497 e. The van der Waals surface area contributed by atoms with Gasteiger partial charge in [-0.1, -0.05) is 6.07 Å². The Labute approximate surface area is 123 Å². The molecular weight excluding hydrogens is 268 g/mol. The summed E-state index contributed by atoms with van der Waals surface area (Å²) in [5.74, 6) is 0.880. The summed E-state index contributed by atoms with van der Waals surface area (Å²) >= 11 is 0. The van der Waals surface area contributed by atoms with E-state index in [2.05, 4.69) is 9.88 Å². The zero-order chi connectivity index (χ0) is 14.8. The highest BCUT2D eigenvalue weighted by Crippen LogP contribution is 2.33. The number of rotatable bonds is 4. The Morgan fingerprint density at radius 2 is 2.33 bits per heavy atom. The largest absolute Gasteiger partial charge is 0.497 e. The highest BCUT2D eigenvalue weighted by atomic mass is 16.5. The predicted molar refractivity (Wildman–Crippen MR) is 80.9 cm³/mol. The summed E-state index contributed by atoms with van der Waals surface area (Å²) in [6.45, 7) is 0.848. The fraction of sp³-hybridized carbons (Fsp3) is 0.375. The molecule has 110 valence electrons. The molecule has 1 fully saturated rings. The van der Waals surface area contributed by atoms with E-state index in [-0.39, 0.29) is 12.5 Å². The number of methoxy groups -OCH3 is 1. The molecule has 21 heavy (non-hydrogen) atoms. The molecule has 1 aliphatic rings. The molecule has 1 unspecified atom stereocenters. The number of anilines is 1. The molecule has 0 spiro atoms. The van der Waals surface area contributed by atoms with Crippen LogP contribution in [0.2, 0.25) is 0 Å². The van der Waals surface area contributed by atoms with E-state index in [1.54, 1.807) is 13.3 Å². The molecule has 5 nitrogen and oxygen atoms in total. The number of benzene rings is 1. The molecule has 2 aromatic rings. The highest BCUT2D eigenvalue weighted by molar-refractivity contribution is 5.93. The number of nitrogens with zero attached hydrogens (tertiary/aromatic N) is 2. The summed E-state index contributed by atoms with van der Waals surface area (Å²) < 4.78 is 5.29. The normalized spacial score (nSPS) is 18.1. The van der Waals surface area contributed by atoms with Gasteiger partial charge < -0.3 is 14.7 Å². The molecule has 5 heteroatoms. The first-order valence-corrected chi connectivity index (χ1v) is 7.10. The van der Waals surface area contributed by atoms with Crippen LogP contribution in [0.4, 0.5) is 5.82 Å². The SMILES string of the molecule is COc1ccc2ccnc(N3CCCC3CC(=O)O)c2c1. The smallest absolute Gasteiger partial charge is 0.305 e. The molecule has 1 aromatic carbocycles. The Balaban J connectivity index is 2.04. The Kier molecular flexibility index (Phi) is 3.64. The monoisotopic (exact) mass is 286 g/mol. The van der Waals surface area contributed by atoms with Crippen molar-refractivity contribution in [2.45, 2.75) is 25.3 Å². The number of carbonyl (C=O) groups is 1. The summed E-state index contributed by atoms with van der Waals surface area (Å²) in [5.41, 5.74) is 0. The number of aromatic nitrogens is 1. The maximum atomic E-state index is 11.0. The molecular formula is C16H18N2O3. The van der Waals surface area contributed by atoms with E-state index in [1.165, 1.54) is 0 Å². The van der Waals surface area contributed by atoms with Crippen LogP contribution in [0.3, 0.4) is 0 Å². The lowest BCUT2D eigenvalue weighted by Gasteiger charge is -2.25. The molecule has 0 bridgehead atoms. The zero-order valence-electron chi connectivity index (χ0n) is 12.0. The van der Waals surface area contributed by atoms with Gasteiger partial charge in [-0.2, -0.15) is 0 Å². The van der Waals surface area contributed by atoms with Crippen LogP contribution >= 0.6 is 0 Å². The topological polar surface area (TPSA) is 62.7 Å². The Morgan fingerprint density at radius 1 is 1.48 bits per heavy atom. The van der Waals surface area contributed by atoms with Crippen LogP contribution < -0.4 is 9.64 Å². The summed E-state index contributed by atoms with van der Waals surface area (Å²) in [5, 5.41) is 11.2. The molecule has 1 aliphatic heterocycles. The average Bonchev–Trinajstić information content (AvgIpc) is 2.93. The van der Waals surface area contributed by atoms with Crippen molar-refractivity contribution in [1.29, 1.82) is 0 Å². The van der Waals surface area contributed by atoms with Crippen LogP contribution in [0.25, 0.3) is 10.8 Å². The van der Waals surface area contributed by atoms with Gasteiger partial charge in [0, 0.05) is 24.2 Å². The maximum absolute atomic E-state index is 11.0. The summed E-state index contributed by atoms with van der Waals surface area (Å²) in [4.78, 5) is 17.6. The van der Waals surface area contributed by atoms with Crippen molar-refractivity contribution in [1.82, 2.24) is 4.98 Å². The van der Waals surface area contributed by atoms with Crippen molar-refractivity contribution >= 4 is 22.6 Å². The van der Waals surface area contributed by atoms with Gasteiger partial charge in [0.15, 0.2) is 0 Å². The van der Waals surface area contributed by atoms with Crippen LogP contribution in [0.1, 0.15) is 19.3 Å². The number of hydrogen-bond donors (Lipinski definition) is 1. The second kappa shape index (κ2) is 5.60. The van der Waals surface area contributed by atoms with Gasteiger partial charge in [-0.3, -0.25) is 4.79 Å². The Bertz CT molecular complexity index is 672. The van der Waals surface area contributed by atoms with Gasteiger partial charge in [0.05, 0.1) is 13.5 Å². The molecule has 1 atom stereocenters. The molecule has 0 aliphatic carbocycles. The summed E-state index contributed by atoms with van der Waals surface area (Å²) in [7, 11) is 1.64. The summed E-state index contributed by atoms with van der Waals surface area (Å²) in [6, 6.07) is 7.87. The van der Waals surface area contributed by atoms with Crippen molar-refractivity contribution < 1.29 is 14.6 Å². The number of hydrogen-bond acceptors (Lipinski definition) is 4. The Morgan fingerprint density at radius 3 is 3.10 bits per heavy atom. The molecule has 0 saturated carbocycles. The minimum atomic E-state index is -0.760. The number of pyridine rings is 1. The van der Waals surface area contributed by atoms with Crippen LogP contribution in [-0.2, 0) is 4.79 Å². The van der Waals surface area contributed by atoms with Crippen molar-refractivity contribution in [2.24, 2.45) is 0 Å². The predicted octanol–water partition coefficient (Wildman–Crippen LogP) is 2.69. The molecule has 0 amide bonds. The lowest BCUT2D eigenvalue weighted by atomic mass is 10.1. The van der Waals surface area contributed by atoms with E-state index in [0.29, 0.717) is 0 Å². The molecule has 1 aromatic heterocycles. The minimum absolute atomic E-state index is 0.0202. The fourth-order valence-corrected chi connectivity index (χ4v) is 3.02. The lowest BCUT2D eigenvalue weighted by molar-refractivity contribution is -0.137. The zero-order valence-corrected chi connectivity index (χ0v) is 12.0. The second-order valence-corrected chi connectivity index (χ2v) is 5.31. The molecule has 1 saturated heterocycles. The van der Waals surface area contributed by atoms with Gasteiger partial charge in [-0.15, -0.1) is 0 Å². The van der Waals surface area contributed by atoms with E-state index < -0.39 is 5.97 Å². The van der Waals surface area contributed by atoms with Crippen molar-refractivity contribution in [3.05, 3.63) is 30.5 Å². The standard InChI is InChI=1S/C16H18N2O3/c1-21-13-5-4-11-6-7-17-16(14(11)10-13)18-8-2-3-12(18)9-15(19)20/h4-7,10,12H,2-3,8-9H2,1H3,(H,19,20). The van der Waals surface area contributed by atoms with Crippen LogP contribution in [-0.4, -0.2) is 35.8 Å². The maximum Gasteiger partial charge on any atom is 0.305 e. The van der Waals surface area contributed by atoms with Gasteiger partial charge >= 0.3 is 5.97 Å². The summed E-state index contributed by atoms with van der Waals surface area (Å²) in [6.07, 6.45) is 3.83. The molecule has 1 N–H and O–H groups in total. The third-order valence-corrected chi connectivity index (χ3v) is 4.01. The molecule has 3 rings (SSSR count). The van der Waals surface area contributed by atoms with E-state index in [0.717, 1.165) is 41.7 Å². The number of carboxylic acid groups (broad SMARTS) is 1. The van der Waals surface area contributed by atoms with Gasteiger partial charge in [0.25, 0.3) is 0 Å². The second-order valence-electron chi connectivity index (χ2n) is 5.31. The van der Waals surface area contributed by atoms with Gasteiger partial charge in [0.2, 0.25) is 0 Å². The first-order valence-electron chi connectivity index (χ1n) is 7.10. The third-order valence-electron chi connectivity index (χ3n) is 4.01. The first-order chi connectivity index (χ1) is 10.2. The van der Waals surface area contributed by atoms with Gasteiger partial charge in [-0.05, 0) is 36.4 Å². The van der Waals surface area contributed by atoms with Crippen molar-refractivity contribution in [3.63, 3.8) is 0 Å². The van der Waals surface area contributed by atoms with Crippen LogP contribution in [0.15, 0.2) is 30.5 Å². The van der Waals surface area contributed by atoms with Gasteiger partial charge in [0.1, 0.15) is 11.6 Å². The van der Waals surface area contributed by atoms with E-state index in [9.17, 15) is 4.79 Å². The van der Waals surface area contributed by atoms with E-state index in [1.807, 2.05) is 24.3 Å². The van der Waals surface area contributed by atoms with E-state index in [4.69, 9.17) is 9.84 Å².